The minimum Gasteiger partial charge on any atom is -0.383 e. The van der Waals surface area contributed by atoms with Crippen LogP contribution in [0.15, 0.2) is 17.4 Å². The zero-order valence-electron chi connectivity index (χ0n) is 12.7. The quantitative estimate of drug-likeness (QED) is 0.928. The molecule has 1 aromatic heterocycles. The molecule has 0 aromatic carbocycles. The molecule has 0 amide bonds. The first kappa shape index (κ1) is 15.4. The van der Waals surface area contributed by atoms with Gasteiger partial charge in [-0.3, -0.25) is 9.67 Å². The average molecular weight is 296 g/mol. The van der Waals surface area contributed by atoms with E-state index in [0.29, 0.717) is 12.6 Å². The number of aromatic nitrogens is 2. The Hall–Kier alpha value is -1.01. The summed E-state index contributed by atoms with van der Waals surface area (Å²) >= 11 is 1.78. The molecule has 2 rings (SSSR count). The lowest BCUT2D eigenvalue weighted by Crippen LogP contribution is -2.30. The van der Waals surface area contributed by atoms with Gasteiger partial charge in [0.2, 0.25) is 0 Å². The van der Waals surface area contributed by atoms with Crippen LogP contribution >= 0.6 is 11.8 Å². The highest BCUT2D eigenvalue weighted by Crippen LogP contribution is 2.30. The third-order valence-electron chi connectivity index (χ3n) is 3.31. The Kier molecular flexibility index (Phi) is 5.10. The van der Waals surface area contributed by atoms with Gasteiger partial charge in [0.15, 0.2) is 5.17 Å². The van der Waals surface area contributed by atoms with E-state index in [9.17, 15) is 0 Å². The Morgan fingerprint density at radius 1 is 1.50 bits per heavy atom. The second-order valence-electron chi connectivity index (χ2n) is 6.06. The SMILES string of the molecule is COCCn1cc(NC2=NC(C(C)(C)C)CCS2)cn1. The highest BCUT2D eigenvalue weighted by atomic mass is 32.2. The number of hydrogen-bond donors (Lipinski definition) is 1. The fourth-order valence-corrected chi connectivity index (χ4v) is 2.99. The van der Waals surface area contributed by atoms with E-state index in [0.717, 1.165) is 29.6 Å². The highest BCUT2D eigenvalue weighted by molar-refractivity contribution is 8.14. The zero-order chi connectivity index (χ0) is 14.6. The Bertz CT molecular complexity index is 464. The van der Waals surface area contributed by atoms with E-state index in [4.69, 9.17) is 9.73 Å². The molecule has 0 bridgehead atoms. The molecule has 0 saturated carbocycles. The second kappa shape index (κ2) is 6.63. The van der Waals surface area contributed by atoms with Crippen molar-refractivity contribution in [3.05, 3.63) is 12.4 Å². The molecule has 0 aliphatic carbocycles. The van der Waals surface area contributed by atoms with Gasteiger partial charge in [-0.1, -0.05) is 32.5 Å². The van der Waals surface area contributed by atoms with Gasteiger partial charge in [-0.05, 0) is 11.8 Å². The molecule has 1 aromatic rings. The summed E-state index contributed by atoms with van der Waals surface area (Å²) in [5.41, 5.74) is 1.21. The molecule has 1 aliphatic heterocycles. The van der Waals surface area contributed by atoms with Crippen molar-refractivity contribution in [2.24, 2.45) is 10.4 Å². The molecule has 1 atom stereocenters. The Morgan fingerprint density at radius 3 is 3.00 bits per heavy atom. The summed E-state index contributed by atoms with van der Waals surface area (Å²) in [6, 6.07) is 0.384. The number of nitrogens with zero attached hydrogens (tertiary/aromatic N) is 3. The third kappa shape index (κ3) is 4.24. The van der Waals surface area contributed by atoms with Gasteiger partial charge in [0, 0.05) is 19.1 Å². The number of aliphatic imine (C=N–C) groups is 1. The second-order valence-corrected chi connectivity index (χ2v) is 7.15. The van der Waals surface area contributed by atoms with E-state index in [1.807, 2.05) is 17.1 Å². The topological polar surface area (TPSA) is 51.4 Å². The summed E-state index contributed by atoms with van der Waals surface area (Å²) in [4.78, 5) is 4.83. The maximum atomic E-state index is 5.05. The van der Waals surface area contributed by atoms with E-state index < -0.39 is 0 Å². The predicted molar refractivity (Wildman–Crippen MR) is 85.5 cm³/mol. The highest BCUT2D eigenvalue weighted by Gasteiger charge is 2.27. The molecule has 112 valence electrons. The predicted octanol–water partition coefficient (Wildman–Crippen LogP) is 2.85. The summed E-state index contributed by atoms with van der Waals surface area (Å²) in [6.45, 7) is 8.18. The molecular formula is C14H24N4OS. The smallest absolute Gasteiger partial charge is 0.161 e. The fourth-order valence-electron chi connectivity index (χ4n) is 2.06. The summed E-state index contributed by atoms with van der Waals surface area (Å²) in [5.74, 6) is 1.12. The number of ether oxygens (including phenoxy) is 1. The minimum atomic E-state index is 0.219. The van der Waals surface area contributed by atoms with Gasteiger partial charge in [-0.25, -0.2) is 0 Å². The van der Waals surface area contributed by atoms with Gasteiger partial charge in [0.05, 0.1) is 31.1 Å². The summed E-state index contributed by atoms with van der Waals surface area (Å²) in [6.07, 6.45) is 4.97. The molecule has 1 unspecified atom stereocenters. The zero-order valence-corrected chi connectivity index (χ0v) is 13.5. The third-order valence-corrected chi connectivity index (χ3v) is 4.23. The van der Waals surface area contributed by atoms with Crippen LogP contribution in [0.1, 0.15) is 27.2 Å². The van der Waals surface area contributed by atoms with Gasteiger partial charge in [0.1, 0.15) is 0 Å². The summed E-state index contributed by atoms with van der Waals surface area (Å²) < 4.78 is 6.92. The number of thioether (sulfide) groups is 1. The number of nitrogens with one attached hydrogen (secondary N) is 1. The largest absolute Gasteiger partial charge is 0.383 e. The van der Waals surface area contributed by atoms with Gasteiger partial charge in [-0.2, -0.15) is 5.10 Å². The van der Waals surface area contributed by atoms with Gasteiger partial charge in [-0.15, -0.1) is 0 Å². The lowest BCUT2D eigenvalue weighted by Gasteiger charge is -2.30. The number of amidine groups is 1. The lowest BCUT2D eigenvalue weighted by atomic mass is 9.85. The van der Waals surface area contributed by atoms with Crippen molar-refractivity contribution >= 4 is 22.6 Å². The van der Waals surface area contributed by atoms with E-state index in [2.05, 4.69) is 31.2 Å². The van der Waals surface area contributed by atoms with Crippen molar-refractivity contribution < 1.29 is 4.74 Å². The molecule has 20 heavy (non-hydrogen) atoms. The first-order valence-corrected chi connectivity index (χ1v) is 7.96. The monoisotopic (exact) mass is 296 g/mol. The molecule has 0 saturated heterocycles. The molecule has 1 N–H and O–H groups in total. The fraction of sp³-hybridized carbons (Fsp3) is 0.714. The van der Waals surface area contributed by atoms with Crippen LogP contribution in [0.2, 0.25) is 0 Å². The minimum absolute atomic E-state index is 0.219. The van der Waals surface area contributed by atoms with E-state index >= 15 is 0 Å². The van der Waals surface area contributed by atoms with Crippen molar-refractivity contribution in [2.75, 3.05) is 24.8 Å². The Labute approximate surface area is 125 Å². The molecule has 0 radical (unpaired) electrons. The summed E-state index contributed by atoms with van der Waals surface area (Å²) in [7, 11) is 1.70. The van der Waals surface area contributed by atoms with E-state index in [1.165, 1.54) is 0 Å². The molecule has 5 nitrogen and oxygen atoms in total. The molecule has 2 heterocycles. The van der Waals surface area contributed by atoms with E-state index in [-0.39, 0.29) is 5.41 Å². The number of methoxy groups -OCH3 is 1. The van der Waals surface area contributed by atoms with Crippen LogP contribution in [-0.4, -0.2) is 40.5 Å². The average Bonchev–Trinajstić information content (AvgIpc) is 2.83. The van der Waals surface area contributed by atoms with Gasteiger partial charge >= 0.3 is 0 Å². The Balaban J connectivity index is 1.98. The molecule has 0 spiro atoms. The number of rotatable bonds is 4. The number of hydrogen-bond acceptors (Lipinski definition) is 5. The van der Waals surface area contributed by atoms with Crippen molar-refractivity contribution in [3.63, 3.8) is 0 Å². The normalized spacial score (nSPS) is 19.8. The van der Waals surface area contributed by atoms with Crippen LogP contribution < -0.4 is 5.32 Å². The van der Waals surface area contributed by atoms with Crippen LogP contribution in [0.4, 0.5) is 5.69 Å². The number of anilines is 1. The van der Waals surface area contributed by atoms with Crippen LogP contribution in [0.5, 0.6) is 0 Å². The first-order valence-electron chi connectivity index (χ1n) is 6.98. The maximum absolute atomic E-state index is 5.05. The van der Waals surface area contributed by atoms with Crippen LogP contribution in [0, 0.1) is 5.41 Å². The lowest BCUT2D eigenvalue weighted by molar-refractivity contribution is 0.183. The van der Waals surface area contributed by atoms with Crippen molar-refractivity contribution in [3.8, 4) is 0 Å². The molecule has 6 heteroatoms. The van der Waals surface area contributed by atoms with Crippen LogP contribution in [0.3, 0.4) is 0 Å². The van der Waals surface area contributed by atoms with Crippen molar-refractivity contribution in [1.82, 2.24) is 9.78 Å². The standard InChI is InChI=1S/C14H24N4OS/c1-14(2,3)12-5-8-20-13(17-12)16-11-9-15-18(10-11)6-7-19-4/h9-10,12H,5-8H2,1-4H3,(H,16,17). The first-order chi connectivity index (χ1) is 9.49. The van der Waals surface area contributed by atoms with Crippen LogP contribution in [-0.2, 0) is 11.3 Å². The van der Waals surface area contributed by atoms with Crippen molar-refractivity contribution in [1.29, 1.82) is 0 Å². The molecule has 1 aliphatic rings. The Morgan fingerprint density at radius 2 is 2.30 bits per heavy atom. The summed E-state index contributed by atoms with van der Waals surface area (Å²) in [5, 5.41) is 8.67. The molecular weight excluding hydrogens is 272 g/mol. The van der Waals surface area contributed by atoms with E-state index in [1.54, 1.807) is 18.9 Å². The van der Waals surface area contributed by atoms with Crippen molar-refractivity contribution in [2.45, 2.75) is 39.8 Å². The maximum Gasteiger partial charge on any atom is 0.161 e. The van der Waals surface area contributed by atoms with Gasteiger partial charge < -0.3 is 10.1 Å². The van der Waals surface area contributed by atoms with Gasteiger partial charge in [0.25, 0.3) is 0 Å². The van der Waals surface area contributed by atoms with Crippen LogP contribution in [0.25, 0.3) is 0 Å². The molecule has 0 fully saturated rings.